The SMILES string of the molecule is CCCCC/C=C\C(CCCCCCC(=O)O)OC(=O)CCCCCCCCCCCCC/C=C\C/C=C\CCCCCCC. The van der Waals surface area contributed by atoms with E-state index in [1.807, 2.05) is 0 Å². The van der Waals surface area contributed by atoms with Crippen molar-refractivity contribution < 1.29 is 19.4 Å². The van der Waals surface area contributed by atoms with Crippen LogP contribution in [0.3, 0.4) is 0 Å². The molecule has 0 heterocycles. The number of carbonyl (C=O) groups excluding carboxylic acids is 1. The summed E-state index contributed by atoms with van der Waals surface area (Å²) in [5.74, 6) is -0.793. The van der Waals surface area contributed by atoms with Crippen LogP contribution in [0.15, 0.2) is 36.5 Å². The highest BCUT2D eigenvalue weighted by molar-refractivity contribution is 5.69. The van der Waals surface area contributed by atoms with Crippen LogP contribution >= 0.6 is 0 Å². The smallest absolute Gasteiger partial charge is 0.306 e. The largest absolute Gasteiger partial charge is 0.481 e. The number of hydrogen-bond acceptors (Lipinski definition) is 3. The molecule has 0 rings (SSSR count). The van der Waals surface area contributed by atoms with E-state index in [-0.39, 0.29) is 18.5 Å². The first kappa shape index (κ1) is 43.2. The molecule has 0 aromatic carbocycles. The summed E-state index contributed by atoms with van der Waals surface area (Å²) in [6, 6.07) is 0. The molecule has 0 aliphatic rings. The lowest BCUT2D eigenvalue weighted by Gasteiger charge is -2.15. The zero-order valence-corrected chi connectivity index (χ0v) is 29.9. The lowest BCUT2D eigenvalue weighted by Crippen LogP contribution is -2.16. The number of aliphatic carboxylic acids is 1. The molecule has 262 valence electrons. The van der Waals surface area contributed by atoms with Crippen molar-refractivity contribution in [3.63, 3.8) is 0 Å². The van der Waals surface area contributed by atoms with Crippen molar-refractivity contribution >= 4 is 11.9 Å². The lowest BCUT2D eigenvalue weighted by atomic mass is 10.0. The standard InChI is InChI=1S/C41H74O4/c1-3-5-7-9-10-11-12-13-14-15-16-17-18-19-20-21-22-23-24-25-26-28-34-38-41(44)45-39(35-31-27-8-6-4-2)36-32-29-30-33-37-40(42)43/h12-13,15-16,31,35,39H,3-11,14,17-30,32-34,36-38H2,1-2H3,(H,42,43)/b13-12-,16-15-,35-31-. The molecule has 1 unspecified atom stereocenters. The Morgan fingerprint density at radius 3 is 1.49 bits per heavy atom. The van der Waals surface area contributed by atoms with E-state index in [0.29, 0.717) is 6.42 Å². The minimum atomic E-state index is -0.723. The van der Waals surface area contributed by atoms with E-state index in [4.69, 9.17) is 9.84 Å². The summed E-state index contributed by atoms with van der Waals surface area (Å²) < 4.78 is 5.83. The van der Waals surface area contributed by atoms with Gasteiger partial charge in [0.15, 0.2) is 0 Å². The van der Waals surface area contributed by atoms with E-state index in [2.05, 4.69) is 50.3 Å². The molecule has 0 spiro atoms. The highest BCUT2D eigenvalue weighted by Gasteiger charge is 2.11. The molecule has 0 aliphatic carbocycles. The molecule has 0 amide bonds. The zero-order chi connectivity index (χ0) is 32.9. The van der Waals surface area contributed by atoms with E-state index >= 15 is 0 Å². The van der Waals surface area contributed by atoms with Crippen molar-refractivity contribution in [2.45, 2.75) is 213 Å². The third-order valence-corrected chi connectivity index (χ3v) is 8.57. The summed E-state index contributed by atoms with van der Waals surface area (Å²) >= 11 is 0. The molecule has 0 bridgehead atoms. The van der Waals surface area contributed by atoms with E-state index in [0.717, 1.165) is 57.8 Å². The van der Waals surface area contributed by atoms with Crippen LogP contribution in [-0.4, -0.2) is 23.1 Å². The van der Waals surface area contributed by atoms with Crippen LogP contribution in [0.2, 0.25) is 0 Å². The van der Waals surface area contributed by atoms with E-state index in [1.54, 1.807) is 0 Å². The van der Waals surface area contributed by atoms with Crippen molar-refractivity contribution in [2.24, 2.45) is 0 Å². The number of carbonyl (C=O) groups is 2. The Bertz CT molecular complexity index is 723. The van der Waals surface area contributed by atoms with Crippen LogP contribution in [-0.2, 0) is 14.3 Å². The van der Waals surface area contributed by atoms with Crippen LogP contribution in [0.25, 0.3) is 0 Å². The molecule has 4 heteroatoms. The molecule has 0 saturated heterocycles. The van der Waals surface area contributed by atoms with Crippen molar-refractivity contribution in [3.05, 3.63) is 36.5 Å². The first-order valence-electron chi connectivity index (χ1n) is 19.5. The van der Waals surface area contributed by atoms with Gasteiger partial charge in [-0.15, -0.1) is 0 Å². The minimum Gasteiger partial charge on any atom is -0.481 e. The van der Waals surface area contributed by atoms with Gasteiger partial charge in [-0.1, -0.05) is 153 Å². The number of carboxylic acids is 1. The predicted octanol–water partition coefficient (Wildman–Crippen LogP) is 13.4. The molecule has 4 nitrogen and oxygen atoms in total. The quantitative estimate of drug-likeness (QED) is 0.0430. The number of allylic oxidation sites excluding steroid dienone is 5. The van der Waals surface area contributed by atoms with Crippen molar-refractivity contribution in [3.8, 4) is 0 Å². The van der Waals surface area contributed by atoms with Gasteiger partial charge in [0.2, 0.25) is 0 Å². The van der Waals surface area contributed by atoms with Gasteiger partial charge in [-0.2, -0.15) is 0 Å². The summed E-state index contributed by atoms with van der Waals surface area (Å²) in [7, 11) is 0. The molecule has 0 aliphatic heterocycles. The Balaban J connectivity index is 3.71. The van der Waals surface area contributed by atoms with E-state index in [1.165, 1.54) is 122 Å². The third kappa shape index (κ3) is 36.5. The topological polar surface area (TPSA) is 63.6 Å². The zero-order valence-electron chi connectivity index (χ0n) is 29.9. The van der Waals surface area contributed by atoms with Gasteiger partial charge in [-0.25, -0.2) is 0 Å². The van der Waals surface area contributed by atoms with Gasteiger partial charge >= 0.3 is 11.9 Å². The normalized spacial score (nSPS) is 12.6. The van der Waals surface area contributed by atoms with Gasteiger partial charge in [0.1, 0.15) is 6.10 Å². The highest BCUT2D eigenvalue weighted by atomic mass is 16.5. The maximum absolute atomic E-state index is 12.5. The van der Waals surface area contributed by atoms with Crippen LogP contribution in [0.4, 0.5) is 0 Å². The molecular formula is C41H74O4. The molecule has 1 N–H and O–H groups in total. The van der Waals surface area contributed by atoms with Crippen LogP contribution in [0, 0.1) is 0 Å². The molecule has 0 aromatic heterocycles. The fourth-order valence-electron chi connectivity index (χ4n) is 5.65. The minimum absolute atomic E-state index is 0.0695. The third-order valence-electron chi connectivity index (χ3n) is 8.57. The number of unbranched alkanes of at least 4 members (excludes halogenated alkanes) is 22. The molecule has 0 aromatic rings. The maximum Gasteiger partial charge on any atom is 0.306 e. The number of carboxylic acid groups (broad SMARTS) is 1. The first-order valence-corrected chi connectivity index (χ1v) is 19.5. The molecule has 0 radical (unpaired) electrons. The van der Waals surface area contributed by atoms with Crippen molar-refractivity contribution in [1.29, 1.82) is 0 Å². The molecule has 0 fully saturated rings. The fraction of sp³-hybridized carbons (Fsp3) is 0.805. The number of hydrogen-bond donors (Lipinski definition) is 1. The Morgan fingerprint density at radius 2 is 0.933 bits per heavy atom. The highest BCUT2D eigenvalue weighted by Crippen LogP contribution is 2.16. The van der Waals surface area contributed by atoms with Crippen LogP contribution in [0.5, 0.6) is 0 Å². The molecular weight excluding hydrogens is 556 g/mol. The van der Waals surface area contributed by atoms with Gasteiger partial charge < -0.3 is 9.84 Å². The Morgan fingerprint density at radius 1 is 0.511 bits per heavy atom. The average Bonchev–Trinajstić information content (AvgIpc) is 3.02. The Kier molecular flexibility index (Phi) is 35.1. The first-order chi connectivity index (χ1) is 22.1. The van der Waals surface area contributed by atoms with E-state index in [9.17, 15) is 9.59 Å². The number of ether oxygens (including phenoxy) is 1. The van der Waals surface area contributed by atoms with Gasteiger partial charge in [0.05, 0.1) is 0 Å². The molecule has 1 atom stereocenters. The maximum atomic E-state index is 12.5. The monoisotopic (exact) mass is 631 g/mol. The van der Waals surface area contributed by atoms with Crippen LogP contribution in [0.1, 0.15) is 206 Å². The van der Waals surface area contributed by atoms with Crippen molar-refractivity contribution in [2.75, 3.05) is 0 Å². The summed E-state index contributed by atoms with van der Waals surface area (Å²) in [5.41, 5.74) is 0. The second kappa shape index (κ2) is 36.6. The van der Waals surface area contributed by atoms with Gasteiger partial charge in [0.25, 0.3) is 0 Å². The Labute approximate surface area is 279 Å². The lowest BCUT2D eigenvalue weighted by molar-refractivity contribution is -0.147. The second-order valence-electron chi connectivity index (χ2n) is 13.1. The molecule has 45 heavy (non-hydrogen) atoms. The van der Waals surface area contributed by atoms with Gasteiger partial charge in [-0.3, -0.25) is 9.59 Å². The van der Waals surface area contributed by atoms with Gasteiger partial charge in [0, 0.05) is 12.8 Å². The summed E-state index contributed by atoms with van der Waals surface area (Å²) in [6.07, 6.45) is 47.7. The summed E-state index contributed by atoms with van der Waals surface area (Å²) in [6.45, 7) is 4.48. The fourth-order valence-corrected chi connectivity index (χ4v) is 5.65. The Hall–Kier alpha value is -1.84. The number of esters is 1. The van der Waals surface area contributed by atoms with Crippen LogP contribution < -0.4 is 0 Å². The summed E-state index contributed by atoms with van der Waals surface area (Å²) in [5, 5.41) is 8.79. The van der Waals surface area contributed by atoms with Gasteiger partial charge in [-0.05, 0) is 76.7 Å². The summed E-state index contributed by atoms with van der Waals surface area (Å²) in [4.78, 5) is 23.2. The number of rotatable bonds is 35. The predicted molar refractivity (Wildman–Crippen MR) is 195 cm³/mol. The van der Waals surface area contributed by atoms with Crippen molar-refractivity contribution in [1.82, 2.24) is 0 Å². The average molecular weight is 631 g/mol. The van der Waals surface area contributed by atoms with E-state index < -0.39 is 5.97 Å². The second-order valence-corrected chi connectivity index (χ2v) is 13.1. The molecule has 0 saturated carbocycles.